The lowest BCUT2D eigenvalue weighted by Gasteiger charge is -2.27. The third-order valence-electron chi connectivity index (χ3n) is 4.47. The number of rotatable bonds is 1. The third-order valence-corrected chi connectivity index (χ3v) is 4.47. The summed E-state index contributed by atoms with van der Waals surface area (Å²) in [7, 11) is 2.05. The zero-order valence-corrected chi connectivity index (χ0v) is 11.8. The van der Waals surface area contributed by atoms with Crippen molar-refractivity contribution in [3.8, 4) is 0 Å². The SMILES string of the molecule is Cc1ccc(C2C3CCc4ccccc4C3=NN2C)o1. The first kappa shape index (κ1) is 11.8. The van der Waals surface area contributed by atoms with Crippen molar-refractivity contribution in [1.29, 1.82) is 0 Å². The van der Waals surface area contributed by atoms with E-state index >= 15 is 0 Å². The van der Waals surface area contributed by atoms with E-state index in [0.717, 1.165) is 24.4 Å². The Hall–Kier alpha value is -2.03. The second-order valence-corrected chi connectivity index (χ2v) is 5.75. The standard InChI is InChI=1S/C17H18N2O/c1-11-7-10-15(20-11)17-14-9-8-12-5-3-4-6-13(12)16(14)18-19(17)2/h3-7,10,14,17H,8-9H2,1-2H3. The van der Waals surface area contributed by atoms with Crippen LogP contribution in [0.25, 0.3) is 0 Å². The largest absolute Gasteiger partial charge is 0.464 e. The molecule has 3 nitrogen and oxygen atoms in total. The topological polar surface area (TPSA) is 28.7 Å². The smallest absolute Gasteiger partial charge is 0.128 e. The van der Waals surface area contributed by atoms with E-state index < -0.39 is 0 Å². The molecule has 2 aliphatic rings. The quantitative estimate of drug-likeness (QED) is 0.790. The Kier molecular flexibility index (Phi) is 2.49. The maximum atomic E-state index is 5.86. The summed E-state index contributed by atoms with van der Waals surface area (Å²) in [6, 6.07) is 13.0. The first-order chi connectivity index (χ1) is 9.74. The predicted octanol–water partition coefficient (Wildman–Crippen LogP) is 3.54. The van der Waals surface area contributed by atoms with E-state index in [4.69, 9.17) is 9.52 Å². The molecule has 102 valence electrons. The lowest BCUT2D eigenvalue weighted by molar-refractivity contribution is 0.209. The van der Waals surface area contributed by atoms with Crippen molar-refractivity contribution in [3.63, 3.8) is 0 Å². The van der Waals surface area contributed by atoms with Gasteiger partial charge in [0.1, 0.15) is 17.6 Å². The van der Waals surface area contributed by atoms with Gasteiger partial charge < -0.3 is 4.42 Å². The fraction of sp³-hybridized carbons (Fsp3) is 0.353. The molecule has 0 radical (unpaired) electrons. The van der Waals surface area contributed by atoms with Crippen molar-refractivity contribution in [1.82, 2.24) is 5.01 Å². The van der Waals surface area contributed by atoms with Gasteiger partial charge in [-0.25, -0.2) is 0 Å². The van der Waals surface area contributed by atoms with Crippen LogP contribution in [0.3, 0.4) is 0 Å². The van der Waals surface area contributed by atoms with Gasteiger partial charge in [0.25, 0.3) is 0 Å². The monoisotopic (exact) mass is 266 g/mol. The summed E-state index contributed by atoms with van der Waals surface area (Å²) in [5.41, 5.74) is 3.97. The molecule has 1 aliphatic carbocycles. The summed E-state index contributed by atoms with van der Waals surface area (Å²) in [6.07, 6.45) is 2.27. The highest BCUT2D eigenvalue weighted by Crippen LogP contribution is 2.42. The molecule has 3 heteroatoms. The average Bonchev–Trinajstić information content (AvgIpc) is 3.01. The molecule has 0 saturated carbocycles. The maximum Gasteiger partial charge on any atom is 0.128 e. The number of fused-ring (bicyclic) bond motifs is 3. The molecule has 0 bridgehead atoms. The third kappa shape index (κ3) is 1.62. The van der Waals surface area contributed by atoms with Gasteiger partial charge >= 0.3 is 0 Å². The van der Waals surface area contributed by atoms with E-state index in [2.05, 4.69) is 42.4 Å². The van der Waals surface area contributed by atoms with E-state index in [1.54, 1.807) is 0 Å². The van der Waals surface area contributed by atoms with Crippen LogP contribution in [0.2, 0.25) is 0 Å². The van der Waals surface area contributed by atoms with Crippen molar-refractivity contribution >= 4 is 5.71 Å². The summed E-state index contributed by atoms with van der Waals surface area (Å²) in [6.45, 7) is 2.00. The van der Waals surface area contributed by atoms with Crippen LogP contribution in [0.5, 0.6) is 0 Å². The summed E-state index contributed by atoms with van der Waals surface area (Å²) < 4.78 is 5.86. The van der Waals surface area contributed by atoms with Gasteiger partial charge in [-0.15, -0.1) is 0 Å². The highest BCUT2D eigenvalue weighted by Gasteiger charge is 2.41. The predicted molar refractivity (Wildman–Crippen MR) is 78.7 cm³/mol. The molecule has 0 fully saturated rings. The molecule has 2 aromatic rings. The van der Waals surface area contributed by atoms with Gasteiger partial charge in [-0.3, -0.25) is 5.01 Å². The zero-order valence-electron chi connectivity index (χ0n) is 11.8. The van der Waals surface area contributed by atoms with Crippen molar-refractivity contribution in [2.75, 3.05) is 7.05 Å². The molecule has 0 spiro atoms. The van der Waals surface area contributed by atoms with E-state index in [9.17, 15) is 0 Å². The molecule has 2 atom stereocenters. The minimum atomic E-state index is 0.243. The summed E-state index contributed by atoms with van der Waals surface area (Å²) in [4.78, 5) is 0. The van der Waals surface area contributed by atoms with Crippen LogP contribution in [-0.2, 0) is 6.42 Å². The van der Waals surface area contributed by atoms with Gasteiger partial charge in [0.2, 0.25) is 0 Å². The van der Waals surface area contributed by atoms with Gasteiger partial charge in [0.15, 0.2) is 0 Å². The summed E-state index contributed by atoms with van der Waals surface area (Å²) >= 11 is 0. The minimum Gasteiger partial charge on any atom is -0.464 e. The van der Waals surface area contributed by atoms with Gasteiger partial charge in [0.05, 0.1) is 5.71 Å². The number of aryl methyl sites for hydroxylation is 2. The normalized spacial score (nSPS) is 24.3. The van der Waals surface area contributed by atoms with Crippen LogP contribution in [0.4, 0.5) is 0 Å². The Morgan fingerprint density at radius 2 is 2.05 bits per heavy atom. The van der Waals surface area contributed by atoms with Crippen molar-refractivity contribution in [2.45, 2.75) is 25.8 Å². The van der Waals surface area contributed by atoms with Crippen molar-refractivity contribution < 1.29 is 4.42 Å². The van der Waals surface area contributed by atoms with Crippen LogP contribution < -0.4 is 0 Å². The second kappa shape index (κ2) is 4.23. The van der Waals surface area contributed by atoms with E-state index in [1.807, 2.05) is 13.0 Å². The van der Waals surface area contributed by atoms with E-state index in [1.165, 1.54) is 16.8 Å². The molecule has 2 unspecified atom stereocenters. The van der Waals surface area contributed by atoms with Gasteiger partial charge in [-0.2, -0.15) is 5.10 Å². The Bertz CT molecular complexity index is 686. The number of hydrazone groups is 1. The maximum absolute atomic E-state index is 5.86. The second-order valence-electron chi connectivity index (χ2n) is 5.75. The minimum absolute atomic E-state index is 0.243. The molecule has 1 aliphatic heterocycles. The fourth-order valence-corrected chi connectivity index (χ4v) is 3.56. The number of benzene rings is 1. The lowest BCUT2D eigenvalue weighted by Crippen LogP contribution is -2.27. The summed E-state index contributed by atoms with van der Waals surface area (Å²) in [5, 5.41) is 6.88. The first-order valence-electron chi connectivity index (χ1n) is 7.20. The van der Waals surface area contributed by atoms with Crippen molar-refractivity contribution in [2.24, 2.45) is 11.0 Å². The molecule has 0 amide bonds. The van der Waals surface area contributed by atoms with Crippen LogP contribution >= 0.6 is 0 Å². The number of furan rings is 1. The first-order valence-corrected chi connectivity index (χ1v) is 7.20. The molecule has 0 N–H and O–H groups in total. The number of nitrogens with zero attached hydrogens (tertiary/aromatic N) is 2. The highest BCUT2D eigenvalue weighted by molar-refractivity contribution is 6.05. The average molecular weight is 266 g/mol. The lowest BCUT2D eigenvalue weighted by atomic mass is 9.78. The Morgan fingerprint density at radius 1 is 1.20 bits per heavy atom. The molecular weight excluding hydrogens is 248 g/mol. The number of hydrogen-bond donors (Lipinski definition) is 0. The molecular formula is C17H18N2O. The number of hydrogen-bond acceptors (Lipinski definition) is 3. The van der Waals surface area contributed by atoms with E-state index in [-0.39, 0.29) is 6.04 Å². The molecule has 1 aromatic carbocycles. The van der Waals surface area contributed by atoms with Gasteiger partial charge in [-0.05, 0) is 37.5 Å². The summed E-state index contributed by atoms with van der Waals surface area (Å²) in [5.74, 6) is 2.45. The molecule has 4 rings (SSSR count). The van der Waals surface area contributed by atoms with Crippen molar-refractivity contribution in [3.05, 3.63) is 59.0 Å². The van der Waals surface area contributed by atoms with Crippen LogP contribution in [-0.4, -0.2) is 17.8 Å². The Balaban J connectivity index is 1.76. The zero-order chi connectivity index (χ0) is 13.7. The highest BCUT2D eigenvalue weighted by atomic mass is 16.3. The Labute approximate surface area is 118 Å². The molecule has 0 saturated heterocycles. The molecule has 1 aromatic heterocycles. The van der Waals surface area contributed by atoms with Crippen LogP contribution in [0.15, 0.2) is 45.9 Å². The molecule has 20 heavy (non-hydrogen) atoms. The van der Waals surface area contributed by atoms with Gasteiger partial charge in [0, 0.05) is 18.5 Å². The fourth-order valence-electron chi connectivity index (χ4n) is 3.56. The molecule has 2 heterocycles. The Morgan fingerprint density at radius 3 is 2.85 bits per heavy atom. The van der Waals surface area contributed by atoms with E-state index in [0.29, 0.717) is 5.92 Å². The van der Waals surface area contributed by atoms with Gasteiger partial charge in [-0.1, -0.05) is 24.3 Å². The van der Waals surface area contributed by atoms with Crippen LogP contribution in [0, 0.1) is 12.8 Å². The van der Waals surface area contributed by atoms with Crippen LogP contribution in [0.1, 0.15) is 35.1 Å².